The van der Waals surface area contributed by atoms with E-state index in [1.54, 1.807) is 0 Å². The average Bonchev–Trinajstić information content (AvgIpc) is 3.01. The molecule has 0 spiro atoms. The Morgan fingerprint density at radius 2 is 2.07 bits per heavy atom. The van der Waals surface area contributed by atoms with E-state index in [0.717, 1.165) is 30.1 Å². The van der Waals surface area contributed by atoms with Crippen LogP contribution < -0.4 is 5.73 Å². The third-order valence-corrected chi connectivity index (χ3v) is 2.51. The lowest BCUT2D eigenvalue weighted by atomic mass is 10.2. The Labute approximate surface area is 84.8 Å². The molecular formula is C11H17N3. The molecule has 1 aromatic rings. The van der Waals surface area contributed by atoms with Crippen molar-refractivity contribution in [3.05, 3.63) is 23.3 Å². The zero-order valence-corrected chi connectivity index (χ0v) is 8.66. The molecule has 0 unspecified atom stereocenters. The Hall–Kier alpha value is -0.960. The maximum Gasteiger partial charge on any atom is 0.131 e. The number of aromatic nitrogens is 2. The summed E-state index contributed by atoms with van der Waals surface area (Å²) in [6, 6.07) is 2.04. The van der Waals surface area contributed by atoms with Gasteiger partial charge in [-0.2, -0.15) is 0 Å². The first-order valence-corrected chi connectivity index (χ1v) is 5.40. The molecule has 0 bridgehead atoms. The lowest BCUT2D eigenvalue weighted by molar-refractivity contribution is 0.801. The lowest BCUT2D eigenvalue weighted by Crippen LogP contribution is -2.06. The van der Waals surface area contributed by atoms with E-state index >= 15 is 0 Å². The molecule has 1 aliphatic rings. The highest BCUT2D eigenvalue weighted by Crippen LogP contribution is 2.38. The molecule has 0 radical (unpaired) electrons. The van der Waals surface area contributed by atoms with Gasteiger partial charge in [0, 0.05) is 18.2 Å². The molecule has 2 rings (SSSR count). The number of hydrogen-bond acceptors (Lipinski definition) is 3. The van der Waals surface area contributed by atoms with E-state index in [9.17, 15) is 0 Å². The molecule has 2 N–H and O–H groups in total. The highest BCUT2D eigenvalue weighted by molar-refractivity contribution is 5.16. The average molecular weight is 191 g/mol. The fourth-order valence-electron chi connectivity index (χ4n) is 1.59. The molecule has 0 amide bonds. The Morgan fingerprint density at radius 3 is 2.64 bits per heavy atom. The predicted octanol–water partition coefficient (Wildman–Crippen LogP) is 1.77. The summed E-state index contributed by atoms with van der Waals surface area (Å²) in [6.07, 6.45) is 4.67. The van der Waals surface area contributed by atoms with Gasteiger partial charge in [-0.3, -0.25) is 0 Å². The largest absolute Gasteiger partial charge is 0.325 e. The molecule has 3 heteroatoms. The van der Waals surface area contributed by atoms with Gasteiger partial charge < -0.3 is 5.73 Å². The maximum atomic E-state index is 5.61. The lowest BCUT2D eigenvalue weighted by Gasteiger charge is -2.05. The quantitative estimate of drug-likeness (QED) is 0.789. The van der Waals surface area contributed by atoms with Gasteiger partial charge >= 0.3 is 0 Å². The smallest absolute Gasteiger partial charge is 0.131 e. The third kappa shape index (κ3) is 2.10. The summed E-state index contributed by atoms with van der Waals surface area (Å²) in [7, 11) is 0. The summed E-state index contributed by atoms with van der Waals surface area (Å²) in [5, 5.41) is 0. The third-order valence-electron chi connectivity index (χ3n) is 2.51. The fourth-order valence-corrected chi connectivity index (χ4v) is 1.59. The highest BCUT2D eigenvalue weighted by Gasteiger charge is 2.26. The minimum absolute atomic E-state index is 0.527. The van der Waals surface area contributed by atoms with Crippen molar-refractivity contribution in [2.45, 2.75) is 45.1 Å². The monoisotopic (exact) mass is 191 g/mol. The van der Waals surface area contributed by atoms with E-state index in [4.69, 9.17) is 5.73 Å². The molecule has 0 atom stereocenters. The molecule has 1 heterocycles. The van der Waals surface area contributed by atoms with Crippen molar-refractivity contribution in [2.24, 2.45) is 5.73 Å². The Kier molecular flexibility index (Phi) is 2.77. The van der Waals surface area contributed by atoms with Gasteiger partial charge in [0.05, 0.1) is 5.69 Å². The second-order valence-electron chi connectivity index (χ2n) is 3.94. The normalized spacial score (nSPS) is 15.9. The summed E-state index contributed by atoms with van der Waals surface area (Å²) < 4.78 is 0. The molecule has 0 saturated heterocycles. The van der Waals surface area contributed by atoms with Gasteiger partial charge in [0.1, 0.15) is 5.82 Å². The van der Waals surface area contributed by atoms with Crippen molar-refractivity contribution in [1.29, 1.82) is 0 Å². The topological polar surface area (TPSA) is 51.8 Å². The number of nitrogens with zero attached hydrogens (tertiary/aromatic N) is 2. The van der Waals surface area contributed by atoms with Crippen LogP contribution in [0.4, 0.5) is 0 Å². The first-order chi connectivity index (χ1) is 6.83. The van der Waals surface area contributed by atoms with Crippen LogP contribution in [0.1, 0.15) is 49.3 Å². The molecule has 0 aliphatic heterocycles. The second kappa shape index (κ2) is 4.05. The summed E-state index contributed by atoms with van der Waals surface area (Å²) >= 11 is 0. The van der Waals surface area contributed by atoms with E-state index in [0.29, 0.717) is 12.5 Å². The summed E-state index contributed by atoms with van der Waals surface area (Å²) in [6.45, 7) is 2.69. The molecule has 3 nitrogen and oxygen atoms in total. The van der Waals surface area contributed by atoms with Crippen molar-refractivity contribution in [3.8, 4) is 0 Å². The van der Waals surface area contributed by atoms with Crippen LogP contribution in [0, 0.1) is 0 Å². The molecule has 1 aromatic heterocycles. The van der Waals surface area contributed by atoms with Crippen LogP contribution in [0.3, 0.4) is 0 Å². The van der Waals surface area contributed by atoms with Crippen molar-refractivity contribution >= 4 is 0 Å². The first-order valence-electron chi connectivity index (χ1n) is 5.40. The zero-order valence-electron chi connectivity index (χ0n) is 8.66. The van der Waals surface area contributed by atoms with Gasteiger partial charge in [0.25, 0.3) is 0 Å². The van der Waals surface area contributed by atoms with E-state index in [1.165, 1.54) is 12.8 Å². The van der Waals surface area contributed by atoms with E-state index in [-0.39, 0.29) is 0 Å². The Morgan fingerprint density at radius 1 is 1.36 bits per heavy atom. The van der Waals surface area contributed by atoms with Crippen LogP contribution in [0.2, 0.25) is 0 Å². The number of nitrogens with two attached hydrogens (primary N) is 1. The van der Waals surface area contributed by atoms with Gasteiger partial charge in [0.2, 0.25) is 0 Å². The van der Waals surface area contributed by atoms with Gasteiger partial charge in [-0.15, -0.1) is 0 Å². The molecule has 76 valence electrons. The van der Waals surface area contributed by atoms with Gasteiger partial charge in [-0.05, 0) is 25.3 Å². The van der Waals surface area contributed by atoms with Crippen molar-refractivity contribution in [2.75, 3.05) is 0 Å². The van der Waals surface area contributed by atoms with Crippen LogP contribution in [-0.2, 0) is 13.0 Å². The second-order valence-corrected chi connectivity index (χ2v) is 3.94. The van der Waals surface area contributed by atoms with Crippen LogP contribution in [0.15, 0.2) is 6.07 Å². The van der Waals surface area contributed by atoms with E-state index in [1.807, 2.05) is 6.07 Å². The van der Waals surface area contributed by atoms with Crippen LogP contribution in [0.25, 0.3) is 0 Å². The fraction of sp³-hybridized carbons (Fsp3) is 0.636. The van der Waals surface area contributed by atoms with Gasteiger partial charge in [-0.1, -0.05) is 13.3 Å². The molecule has 0 aromatic carbocycles. The minimum atomic E-state index is 0.527. The molecule has 1 saturated carbocycles. The minimum Gasteiger partial charge on any atom is -0.325 e. The van der Waals surface area contributed by atoms with Crippen molar-refractivity contribution in [1.82, 2.24) is 9.97 Å². The summed E-state index contributed by atoms with van der Waals surface area (Å²) in [5.41, 5.74) is 7.76. The Balaban J connectivity index is 2.26. The Bertz CT molecular complexity index is 318. The van der Waals surface area contributed by atoms with Crippen LogP contribution >= 0.6 is 0 Å². The highest BCUT2D eigenvalue weighted by atomic mass is 14.9. The van der Waals surface area contributed by atoms with Crippen molar-refractivity contribution in [3.63, 3.8) is 0 Å². The molecule has 1 aliphatic carbocycles. The zero-order chi connectivity index (χ0) is 9.97. The van der Waals surface area contributed by atoms with E-state index < -0.39 is 0 Å². The summed E-state index contributed by atoms with van der Waals surface area (Å²) in [4.78, 5) is 9.03. The predicted molar refractivity (Wildman–Crippen MR) is 55.9 cm³/mol. The van der Waals surface area contributed by atoms with Crippen LogP contribution in [0.5, 0.6) is 0 Å². The SMILES string of the molecule is CCCc1cc(CN)nc(C2CC2)n1. The van der Waals surface area contributed by atoms with Gasteiger partial charge in [0.15, 0.2) is 0 Å². The summed E-state index contributed by atoms with van der Waals surface area (Å²) in [5.74, 6) is 1.65. The van der Waals surface area contributed by atoms with E-state index in [2.05, 4.69) is 16.9 Å². The molecular weight excluding hydrogens is 174 g/mol. The van der Waals surface area contributed by atoms with Crippen molar-refractivity contribution < 1.29 is 0 Å². The standard InChI is InChI=1S/C11H17N3/c1-2-3-9-6-10(7-12)14-11(13-9)8-4-5-8/h6,8H,2-5,7,12H2,1H3. The number of aryl methyl sites for hydroxylation is 1. The first kappa shape index (κ1) is 9.59. The number of hydrogen-bond donors (Lipinski definition) is 1. The van der Waals surface area contributed by atoms with Gasteiger partial charge in [-0.25, -0.2) is 9.97 Å². The molecule has 14 heavy (non-hydrogen) atoms. The maximum absolute atomic E-state index is 5.61. The molecule has 1 fully saturated rings. The number of rotatable bonds is 4. The van der Waals surface area contributed by atoms with Crippen LogP contribution in [-0.4, -0.2) is 9.97 Å².